The molecule has 1 rings (SSSR count). The van der Waals surface area contributed by atoms with Crippen LogP contribution in [-0.2, 0) is 0 Å². The van der Waals surface area contributed by atoms with Gasteiger partial charge in [-0.3, -0.25) is 0 Å². The van der Waals surface area contributed by atoms with Crippen LogP contribution in [-0.4, -0.2) is 38.2 Å². The second kappa shape index (κ2) is 5.81. The van der Waals surface area contributed by atoms with Crippen LogP contribution in [0.1, 0.15) is 0 Å². The number of halogens is 3. The molecule has 2 N–H and O–H groups in total. The van der Waals surface area contributed by atoms with Gasteiger partial charge < -0.3 is 19.9 Å². The Labute approximate surface area is 102 Å². The molecule has 4 nitrogen and oxygen atoms in total. The SMILES string of the molecule is COc1ccc(NCC(O)C(F)(F)F)c(OC)c1. The van der Waals surface area contributed by atoms with Crippen molar-refractivity contribution in [3.63, 3.8) is 0 Å². The summed E-state index contributed by atoms with van der Waals surface area (Å²) in [6, 6.07) is 4.62. The summed E-state index contributed by atoms with van der Waals surface area (Å²) in [6.45, 7) is -0.647. The predicted octanol–water partition coefficient (Wildman–Crippen LogP) is 2.04. The molecule has 0 aromatic heterocycles. The van der Waals surface area contributed by atoms with Gasteiger partial charge in [0.2, 0.25) is 0 Å². The number of benzene rings is 1. The Kier molecular flexibility index (Phi) is 4.66. The number of methoxy groups -OCH3 is 2. The highest BCUT2D eigenvalue weighted by Crippen LogP contribution is 2.29. The molecular weight excluding hydrogens is 251 g/mol. The number of rotatable bonds is 5. The Morgan fingerprint density at radius 2 is 1.94 bits per heavy atom. The van der Waals surface area contributed by atoms with Crippen molar-refractivity contribution in [2.45, 2.75) is 12.3 Å². The molecule has 0 bridgehead atoms. The Balaban J connectivity index is 2.73. The Bertz CT molecular complexity index is 396. The van der Waals surface area contributed by atoms with E-state index in [1.54, 1.807) is 6.07 Å². The zero-order valence-corrected chi connectivity index (χ0v) is 9.91. The van der Waals surface area contributed by atoms with Crippen LogP contribution in [0.5, 0.6) is 11.5 Å². The van der Waals surface area contributed by atoms with E-state index in [1.165, 1.54) is 26.4 Å². The summed E-state index contributed by atoms with van der Waals surface area (Å²) in [4.78, 5) is 0. The van der Waals surface area contributed by atoms with Gasteiger partial charge in [0, 0.05) is 12.6 Å². The van der Waals surface area contributed by atoms with Crippen molar-refractivity contribution in [2.24, 2.45) is 0 Å². The molecule has 0 fully saturated rings. The number of hydrogen-bond donors (Lipinski definition) is 2. The molecule has 18 heavy (non-hydrogen) atoms. The molecule has 0 aliphatic heterocycles. The van der Waals surface area contributed by atoms with Gasteiger partial charge in [0.1, 0.15) is 11.5 Å². The molecule has 0 radical (unpaired) electrons. The molecule has 0 spiro atoms. The third-order valence-corrected chi connectivity index (χ3v) is 2.27. The zero-order valence-electron chi connectivity index (χ0n) is 9.91. The Morgan fingerprint density at radius 3 is 2.44 bits per heavy atom. The van der Waals surface area contributed by atoms with Gasteiger partial charge in [0.05, 0.1) is 19.9 Å². The highest BCUT2D eigenvalue weighted by molar-refractivity contribution is 5.59. The summed E-state index contributed by atoms with van der Waals surface area (Å²) in [6.07, 6.45) is -7.07. The molecular formula is C11H14F3NO3. The first-order valence-electron chi connectivity index (χ1n) is 5.09. The molecule has 0 saturated carbocycles. The first-order valence-corrected chi connectivity index (χ1v) is 5.09. The van der Waals surface area contributed by atoms with E-state index >= 15 is 0 Å². The van der Waals surface area contributed by atoms with Gasteiger partial charge in [-0.05, 0) is 12.1 Å². The van der Waals surface area contributed by atoms with Crippen molar-refractivity contribution in [1.82, 2.24) is 0 Å². The van der Waals surface area contributed by atoms with Gasteiger partial charge in [-0.1, -0.05) is 0 Å². The van der Waals surface area contributed by atoms with Crippen LogP contribution in [0.4, 0.5) is 18.9 Å². The van der Waals surface area contributed by atoms with Crippen LogP contribution in [0.3, 0.4) is 0 Å². The van der Waals surface area contributed by atoms with E-state index in [2.05, 4.69) is 5.32 Å². The topological polar surface area (TPSA) is 50.7 Å². The number of ether oxygens (including phenoxy) is 2. The van der Waals surface area contributed by atoms with E-state index in [1.807, 2.05) is 0 Å². The summed E-state index contributed by atoms with van der Waals surface area (Å²) >= 11 is 0. The number of nitrogens with one attached hydrogen (secondary N) is 1. The molecule has 0 amide bonds. The van der Waals surface area contributed by atoms with Gasteiger partial charge in [0.25, 0.3) is 0 Å². The normalized spacial score (nSPS) is 13.0. The highest BCUT2D eigenvalue weighted by atomic mass is 19.4. The second-order valence-electron chi connectivity index (χ2n) is 3.50. The van der Waals surface area contributed by atoms with Crippen LogP contribution < -0.4 is 14.8 Å². The molecule has 0 heterocycles. The summed E-state index contributed by atoms with van der Waals surface area (Å²) in [5, 5.41) is 11.3. The second-order valence-corrected chi connectivity index (χ2v) is 3.50. The smallest absolute Gasteiger partial charge is 0.416 e. The van der Waals surface area contributed by atoms with E-state index in [-0.39, 0.29) is 0 Å². The van der Waals surface area contributed by atoms with E-state index in [9.17, 15) is 13.2 Å². The molecule has 0 saturated heterocycles. The number of alkyl halides is 3. The van der Waals surface area contributed by atoms with E-state index in [4.69, 9.17) is 14.6 Å². The number of hydrogen-bond acceptors (Lipinski definition) is 4. The van der Waals surface area contributed by atoms with Crippen LogP contribution in [0.15, 0.2) is 18.2 Å². The fourth-order valence-electron chi connectivity index (χ4n) is 1.27. The first kappa shape index (κ1) is 14.4. The number of aliphatic hydroxyl groups excluding tert-OH is 1. The lowest BCUT2D eigenvalue weighted by Gasteiger charge is -2.17. The van der Waals surface area contributed by atoms with Gasteiger partial charge in [-0.15, -0.1) is 0 Å². The standard InChI is InChI=1S/C11H14F3NO3/c1-17-7-3-4-8(9(5-7)18-2)15-6-10(16)11(12,13)14/h3-5,10,15-16H,6H2,1-2H3. The van der Waals surface area contributed by atoms with Crippen LogP contribution in [0, 0.1) is 0 Å². The van der Waals surface area contributed by atoms with Crippen molar-refractivity contribution >= 4 is 5.69 Å². The van der Waals surface area contributed by atoms with Crippen molar-refractivity contribution < 1.29 is 27.8 Å². The first-order chi connectivity index (χ1) is 8.38. The Hall–Kier alpha value is -1.63. The molecule has 0 aliphatic carbocycles. The molecule has 102 valence electrons. The predicted molar refractivity (Wildman–Crippen MR) is 60.1 cm³/mol. The molecule has 1 aromatic rings. The average Bonchev–Trinajstić information content (AvgIpc) is 2.34. The molecule has 1 unspecified atom stereocenters. The fraction of sp³-hybridized carbons (Fsp3) is 0.455. The summed E-state index contributed by atoms with van der Waals surface area (Å²) in [7, 11) is 2.86. The third-order valence-electron chi connectivity index (χ3n) is 2.27. The molecule has 7 heteroatoms. The maximum absolute atomic E-state index is 12.1. The maximum atomic E-state index is 12.1. The van der Waals surface area contributed by atoms with Crippen molar-refractivity contribution in [3.8, 4) is 11.5 Å². The minimum absolute atomic E-state index is 0.337. The summed E-state index contributed by atoms with van der Waals surface area (Å²) in [5.74, 6) is 0.859. The monoisotopic (exact) mass is 265 g/mol. The van der Waals surface area contributed by atoms with Crippen molar-refractivity contribution in [2.75, 3.05) is 26.1 Å². The van der Waals surface area contributed by atoms with E-state index in [0.717, 1.165) is 0 Å². The Morgan fingerprint density at radius 1 is 1.28 bits per heavy atom. The lowest BCUT2D eigenvalue weighted by atomic mass is 10.2. The quantitative estimate of drug-likeness (QED) is 0.855. The minimum Gasteiger partial charge on any atom is -0.497 e. The average molecular weight is 265 g/mol. The van der Waals surface area contributed by atoms with E-state index < -0.39 is 18.8 Å². The van der Waals surface area contributed by atoms with Gasteiger partial charge >= 0.3 is 6.18 Å². The molecule has 1 aromatic carbocycles. The third kappa shape index (κ3) is 3.69. The van der Waals surface area contributed by atoms with E-state index in [0.29, 0.717) is 17.2 Å². The number of aliphatic hydroxyl groups is 1. The summed E-state index contributed by atoms with van der Waals surface area (Å²) in [5.41, 5.74) is 0.349. The van der Waals surface area contributed by atoms with Gasteiger partial charge in [-0.25, -0.2) is 0 Å². The van der Waals surface area contributed by atoms with Crippen LogP contribution in [0.25, 0.3) is 0 Å². The minimum atomic E-state index is -4.65. The van der Waals surface area contributed by atoms with Gasteiger partial charge in [0.15, 0.2) is 6.10 Å². The highest BCUT2D eigenvalue weighted by Gasteiger charge is 2.37. The van der Waals surface area contributed by atoms with Crippen molar-refractivity contribution in [1.29, 1.82) is 0 Å². The zero-order chi connectivity index (χ0) is 13.8. The maximum Gasteiger partial charge on any atom is 0.416 e. The van der Waals surface area contributed by atoms with Crippen molar-refractivity contribution in [3.05, 3.63) is 18.2 Å². The molecule has 1 atom stereocenters. The van der Waals surface area contributed by atoms with Gasteiger partial charge in [-0.2, -0.15) is 13.2 Å². The lowest BCUT2D eigenvalue weighted by molar-refractivity contribution is -0.198. The van der Waals surface area contributed by atoms with Crippen LogP contribution in [0.2, 0.25) is 0 Å². The molecule has 0 aliphatic rings. The fourth-order valence-corrected chi connectivity index (χ4v) is 1.27. The number of anilines is 1. The summed E-state index contributed by atoms with van der Waals surface area (Å²) < 4.78 is 46.3. The largest absolute Gasteiger partial charge is 0.497 e. The lowest BCUT2D eigenvalue weighted by Crippen LogP contribution is -2.35. The van der Waals surface area contributed by atoms with Crippen LogP contribution >= 0.6 is 0 Å².